The van der Waals surface area contributed by atoms with Crippen LogP contribution >= 0.6 is 34.8 Å². The molecule has 1 fully saturated rings. The van der Waals surface area contributed by atoms with Crippen LogP contribution in [0.25, 0.3) is 11.8 Å². The molecule has 0 bridgehead atoms. The number of hydrogen-bond acceptors (Lipinski definition) is 3. The molecule has 3 aromatic rings. The number of barbiturate groups is 1. The van der Waals surface area contributed by atoms with E-state index in [1.165, 1.54) is 18.2 Å². The van der Waals surface area contributed by atoms with Crippen LogP contribution in [0.15, 0.2) is 66.4 Å². The topological polar surface area (TPSA) is 71.4 Å². The Labute approximate surface area is 186 Å². The van der Waals surface area contributed by atoms with Crippen molar-refractivity contribution in [3.05, 3.63) is 87.1 Å². The van der Waals surface area contributed by atoms with Crippen LogP contribution in [0.1, 0.15) is 5.69 Å². The monoisotopic (exact) mass is 459 g/mol. The molecule has 4 amide bonds. The largest absolute Gasteiger partial charge is 0.336 e. The summed E-state index contributed by atoms with van der Waals surface area (Å²) in [6, 6.07) is 14.2. The molecule has 9 heteroatoms. The molecule has 1 saturated heterocycles. The minimum atomic E-state index is -0.903. The lowest BCUT2D eigenvalue weighted by Gasteiger charge is -2.27. The highest BCUT2D eigenvalue weighted by Gasteiger charge is 2.38. The molecule has 4 rings (SSSR count). The van der Waals surface area contributed by atoms with E-state index in [1.807, 2.05) is 0 Å². The summed E-state index contributed by atoms with van der Waals surface area (Å²) in [6.45, 7) is 0. The second kappa shape index (κ2) is 7.99. The molecule has 1 aliphatic rings. The number of benzene rings is 2. The van der Waals surface area contributed by atoms with Crippen LogP contribution in [0.3, 0.4) is 0 Å². The summed E-state index contributed by atoms with van der Waals surface area (Å²) in [6.07, 6.45) is 3.18. The van der Waals surface area contributed by atoms with E-state index in [2.05, 4.69) is 5.32 Å². The first-order chi connectivity index (χ1) is 14.4. The number of amides is 4. The maximum Gasteiger partial charge on any atom is 0.336 e. The lowest BCUT2D eigenvalue weighted by Crippen LogP contribution is -2.54. The average Bonchev–Trinajstić information content (AvgIpc) is 3.17. The highest BCUT2D eigenvalue weighted by atomic mass is 35.5. The molecule has 0 atom stereocenters. The first-order valence-electron chi connectivity index (χ1n) is 8.65. The Hall–Kier alpha value is -3.06. The number of anilines is 1. The molecule has 0 unspecified atom stereocenters. The van der Waals surface area contributed by atoms with Crippen molar-refractivity contribution in [2.24, 2.45) is 0 Å². The van der Waals surface area contributed by atoms with Gasteiger partial charge in [-0.05, 0) is 54.6 Å². The van der Waals surface area contributed by atoms with Gasteiger partial charge in [-0.1, -0.05) is 40.9 Å². The highest BCUT2D eigenvalue weighted by Crippen LogP contribution is 2.34. The van der Waals surface area contributed by atoms with Gasteiger partial charge >= 0.3 is 6.03 Å². The van der Waals surface area contributed by atoms with E-state index in [0.29, 0.717) is 10.7 Å². The smallest absolute Gasteiger partial charge is 0.317 e. The van der Waals surface area contributed by atoms with Gasteiger partial charge in [-0.3, -0.25) is 14.9 Å². The van der Waals surface area contributed by atoms with Gasteiger partial charge in [-0.25, -0.2) is 9.69 Å². The third kappa shape index (κ3) is 3.61. The maximum absolute atomic E-state index is 13.1. The number of nitrogens with one attached hydrogen (secondary N) is 1. The number of carbonyl (C=O) groups excluding carboxylic acids is 3. The van der Waals surface area contributed by atoms with Crippen LogP contribution in [-0.4, -0.2) is 22.4 Å². The number of rotatable bonds is 3. The summed E-state index contributed by atoms with van der Waals surface area (Å²) in [5, 5.41) is 2.95. The van der Waals surface area contributed by atoms with Gasteiger partial charge in [0.1, 0.15) is 5.57 Å². The molecule has 0 radical (unpaired) electrons. The van der Waals surface area contributed by atoms with Gasteiger partial charge in [0.2, 0.25) is 0 Å². The predicted molar refractivity (Wildman–Crippen MR) is 116 cm³/mol. The van der Waals surface area contributed by atoms with Crippen LogP contribution in [0.4, 0.5) is 10.5 Å². The zero-order chi connectivity index (χ0) is 21.4. The number of urea groups is 1. The Morgan fingerprint density at radius 3 is 2.33 bits per heavy atom. The van der Waals surface area contributed by atoms with Crippen molar-refractivity contribution in [3.8, 4) is 5.69 Å². The first-order valence-corrected chi connectivity index (χ1v) is 9.79. The molecular weight excluding hydrogens is 449 g/mol. The molecule has 2 aromatic carbocycles. The summed E-state index contributed by atoms with van der Waals surface area (Å²) < 4.78 is 1.77. The van der Waals surface area contributed by atoms with E-state index in [1.54, 1.807) is 53.2 Å². The van der Waals surface area contributed by atoms with Crippen molar-refractivity contribution in [1.82, 2.24) is 9.88 Å². The number of hydrogen-bond donors (Lipinski definition) is 1. The number of aromatic nitrogens is 1. The molecule has 30 heavy (non-hydrogen) atoms. The van der Waals surface area contributed by atoms with Gasteiger partial charge in [0.15, 0.2) is 0 Å². The summed E-state index contributed by atoms with van der Waals surface area (Å²) in [4.78, 5) is 38.7. The fraction of sp³-hybridized carbons (Fsp3) is 0. The standard InChI is InChI=1S/C21H12Cl3N3O3/c22-12-6-8-13(9-7-12)26-10-2-3-14(26)11-15-19(28)25-21(30)27(20(15)29)17-5-1-4-16(23)18(17)24/h1-11H,(H,25,28,30)/b15-11+. The normalized spacial score (nSPS) is 15.6. The van der Waals surface area contributed by atoms with Crippen molar-refractivity contribution in [1.29, 1.82) is 0 Å². The lowest BCUT2D eigenvalue weighted by atomic mass is 10.1. The molecule has 2 heterocycles. The van der Waals surface area contributed by atoms with E-state index in [-0.39, 0.29) is 21.3 Å². The molecule has 150 valence electrons. The first kappa shape index (κ1) is 20.2. The quantitative estimate of drug-likeness (QED) is 0.436. The Balaban J connectivity index is 1.77. The molecule has 0 aliphatic carbocycles. The van der Waals surface area contributed by atoms with Crippen LogP contribution in [0.2, 0.25) is 15.1 Å². The SMILES string of the molecule is O=C1NC(=O)N(c2cccc(Cl)c2Cl)C(=O)/C1=C/c1cccn1-c1ccc(Cl)cc1. The second-order valence-electron chi connectivity index (χ2n) is 6.31. The number of imide groups is 2. The van der Waals surface area contributed by atoms with E-state index >= 15 is 0 Å². The number of halogens is 3. The maximum atomic E-state index is 13.1. The van der Waals surface area contributed by atoms with E-state index in [4.69, 9.17) is 34.8 Å². The van der Waals surface area contributed by atoms with Gasteiger partial charge in [0, 0.05) is 22.6 Å². The second-order valence-corrected chi connectivity index (χ2v) is 7.53. The average molecular weight is 461 g/mol. The number of nitrogens with zero attached hydrogens (tertiary/aromatic N) is 2. The van der Waals surface area contributed by atoms with Gasteiger partial charge in [-0.2, -0.15) is 0 Å². The molecule has 0 saturated carbocycles. The van der Waals surface area contributed by atoms with Crippen molar-refractivity contribution < 1.29 is 14.4 Å². The minimum Gasteiger partial charge on any atom is -0.317 e. The van der Waals surface area contributed by atoms with Crippen LogP contribution in [-0.2, 0) is 9.59 Å². The highest BCUT2D eigenvalue weighted by molar-refractivity contribution is 6.46. The molecule has 1 aromatic heterocycles. The molecule has 6 nitrogen and oxygen atoms in total. The Bertz CT molecular complexity index is 1220. The summed E-state index contributed by atoms with van der Waals surface area (Å²) >= 11 is 18.1. The third-order valence-electron chi connectivity index (χ3n) is 4.45. The third-order valence-corrected chi connectivity index (χ3v) is 5.51. The summed E-state index contributed by atoms with van der Waals surface area (Å²) in [7, 11) is 0. The summed E-state index contributed by atoms with van der Waals surface area (Å²) in [5.74, 6) is -1.61. The zero-order valence-corrected chi connectivity index (χ0v) is 17.4. The summed E-state index contributed by atoms with van der Waals surface area (Å²) in [5.41, 5.74) is 1.20. The predicted octanol–water partition coefficient (Wildman–Crippen LogP) is 5.10. The number of carbonyl (C=O) groups is 3. The van der Waals surface area contributed by atoms with Gasteiger partial charge in [-0.15, -0.1) is 0 Å². The Morgan fingerprint density at radius 1 is 0.867 bits per heavy atom. The van der Waals surface area contributed by atoms with Gasteiger partial charge in [0.25, 0.3) is 11.8 Å². The van der Waals surface area contributed by atoms with Crippen molar-refractivity contribution in [2.45, 2.75) is 0 Å². The van der Waals surface area contributed by atoms with Crippen molar-refractivity contribution in [3.63, 3.8) is 0 Å². The van der Waals surface area contributed by atoms with E-state index < -0.39 is 17.8 Å². The molecule has 1 aliphatic heterocycles. The molecular formula is C21H12Cl3N3O3. The minimum absolute atomic E-state index is 0.0286. The Morgan fingerprint density at radius 2 is 1.60 bits per heavy atom. The van der Waals surface area contributed by atoms with Crippen LogP contribution in [0, 0.1) is 0 Å². The Kier molecular flexibility index (Phi) is 5.39. The lowest BCUT2D eigenvalue weighted by molar-refractivity contribution is -0.122. The van der Waals surface area contributed by atoms with Crippen LogP contribution in [0.5, 0.6) is 0 Å². The molecule has 0 spiro atoms. The fourth-order valence-electron chi connectivity index (χ4n) is 3.04. The zero-order valence-electron chi connectivity index (χ0n) is 15.1. The van der Waals surface area contributed by atoms with E-state index in [0.717, 1.165) is 10.6 Å². The van der Waals surface area contributed by atoms with Crippen molar-refractivity contribution in [2.75, 3.05) is 4.90 Å². The van der Waals surface area contributed by atoms with E-state index in [9.17, 15) is 14.4 Å². The molecule has 1 N–H and O–H groups in total. The fourth-order valence-corrected chi connectivity index (χ4v) is 3.54. The van der Waals surface area contributed by atoms with Crippen LogP contribution < -0.4 is 10.2 Å². The van der Waals surface area contributed by atoms with Crippen molar-refractivity contribution >= 4 is 64.4 Å². The van der Waals surface area contributed by atoms with Gasteiger partial charge in [0.05, 0.1) is 15.7 Å². The van der Waals surface area contributed by atoms with Gasteiger partial charge < -0.3 is 4.57 Å².